The zero-order chi connectivity index (χ0) is 22.6. The largest absolute Gasteiger partial charge is 0.445 e. The number of halogens is 1. The summed E-state index contributed by atoms with van der Waals surface area (Å²) < 4.78 is 5.44. The monoisotopic (exact) mass is 459 g/mol. The SMILES string of the molecule is Cc1nc(Cl)cc(N2CCC(O)(CN3CCN(C(=O)OCc4ccccc4)CC3)CC2)n1. The van der Waals surface area contributed by atoms with Crippen molar-refractivity contribution < 1.29 is 14.6 Å². The molecule has 2 aromatic rings. The van der Waals surface area contributed by atoms with E-state index in [4.69, 9.17) is 16.3 Å². The second-order valence-corrected chi connectivity index (χ2v) is 9.00. The van der Waals surface area contributed by atoms with E-state index in [0.717, 1.165) is 37.6 Å². The predicted octanol–water partition coefficient (Wildman–Crippen LogP) is 2.72. The summed E-state index contributed by atoms with van der Waals surface area (Å²) >= 11 is 6.07. The average Bonchev–Trinajstić information content (AvgIpc) is 2.78. The summed E-state index contributed by atoms with van der Waals surface area (Å²) in [6, 6.07) is 11.5. The molecule has 0 atom stereocenters. The number of amides is 1. The van der Waals surface area contributed by atoms with Crippen LogP contribution in [0.3, 0.4) is 0 Å². The van der Waals surface area contributed by atoms with E-state index >= 15 is 0 Å². The fourth-order valence-electron chi connectivity index (χ4n) is 4.30. The number of aryl methyl sites for hydroxylation is 1. The van der Waals surface area contributed by atoms with Crippen molar-refractivity contribution in [2.75, 3.05) is 50.7 Å². The number of hydrogen-bond acceptors (Lipinski definition) is 7. The molecule has 9 heteroatoms. The summed E-state index contributed by atoms with van der Waals surface area (Å²) in [6.45, 7) is 6.82. The molecule has 2 saturated heterocycles. The zero-order valence-electron chi connectivity index (χ0n) is 18.4. The van der Waals surface area contributed by atoms with Crippen molar-refractivity contribution in [3.63, 3.8) is 0 Å². The second-order valence-electron chi connectivity index (χ2n) is 8.61. The summed E-state index contributed by atoms with van der Waals surface area (Å²) in [4.78, 5) is 27.1. The summed E-state index contributed by atoms with van der Waals surface area (Å²) in [5, 5.41) is 11.6. The molecule has 2 fully saturated rings. The topological polar surface area (TPSA) is 82.0 Å². The van der Waals surface area contributed by atoms with Crippen LogP contribution < -0.4 is 4.90 Å². The maximum Gasteiger partial charge on any atom is 0.410 e. The lowest BCUT2D eigenvalue weighted by molar-refractivity contribution is -0.0265. The van der Waals surface area contributed by atoms with E-state index in [2.05, 4.69) is 19.8 Å². The third-order valence-corrected chi connectivity index (χ3v) is 6.36. The van der Waals surface area contributed by atoms with Crippen LogP contribution >= 0.6 is 11.6 Å². The van der Waals surface area contributed by atoms with Gasteiger partial charge in [0.1, 0.15) is 23.4 Å². The maximum atomic E-state index is 12.4. The number of anilines is 1. The Morgan fingerprint density at radius 3 is 2.44 bits per heavy atom. The Morgan fingerprint density at radius 1 is 1.09 bits per heavy atom. The summed E-state index contributed by atoms with van der Waals surface area (Å²) in [5.41, 5.74) is 0.241. The Balaban J connectivity index is 1.21. The van der Waals surface area contributed by atoms with Crippen molar-refractivity contribution in [2.24, 2.45) is 0 Å². The number of piperidine rings is 1. The number of hydrogen-bond donors (Lipinski definition) is 1. The molecule has 1 N–H and O–H groups in total. The molecule has 172 valence electrons. The van der Waals surface area contributed by atoms with Gasteiger partial charge in [-0.2, -0.15) is 0 Å². The summed E-state index contributed by atoms with van der Waals surface area (Å²) in [7, 11) is 0. The lowest BCUT2D eigenvalue weighted by Gasteiger charge is -2.43. The Kier molecular flexibility index (Phi) is 7.13. The van der Waals surface area contributed by atoms with Crippen molar-refractivity contribution in [1.82, 2.24) is 19.8 Å². The van der Waals surface area contributed by atoms with Gasteiger partial charge in [0, 0.05) is 51.9 Å². The minimum Gasteiger partial charge on any atom is -0.445 e. The fraction of sp³-hybridized carbons (Fsp3) is 0.522. The van der Waals surface area contributed by atoms with Crippen LogP contribution in [0.2, 0.25) is 5.15 Å². The van der Waals surface area contributed by atoms with Crippen LogP contribution in [0.4, 0.5) is 10.6 Å². The van der Waals surface area contributed by atoms with Gasteiger partial charge in [-0.1, -0.05) is 41.9 Å². The number of benzene rings is 1. The standard InChI is InChI=1S/C23H30ClN5O3/c1-18-25-20(24)15-21(26-18)28-9-7-23(31,8-10-28)17-27-11-13-29(14-12-27)22(30)32-16-19-5-3-2-4-6-19/h2-6,15,31H,7-14,16-17H2,1H3. The Bertz CT molecular complexity index is 893. The van der Waals surface area contributed by atoms with E-state index in [-0.39, 0.29) is 12.7 Å². The van der Waals surface area contributed by atoms with Gasteiger partial charge in [0.05, 0.1) is 5.60 Å². The van der Waals surface area contributed by atoms with Crippen LogP contribution in [-0.4, -0.2) is 82.4 Å². The molecular weight excluding hydrogens is 430 g/mol. The number of β-amino-alcohol motifs (C(OH)–C–C–N with tert-alkyl or cyclic N) is 1. The van der Waals surface area contributed by atoms with Crippen LogP contribution in [0.5, 0.6) is 0 Å². The molecule has 32 heavy (non-hydrogen) atoms. The molecule has 0 bridgehead atoms. The normalized spacial score (nSPS) is 19.1. The highest BCUT2D eigenvalue weighted by Crippen LogP contribution is 2.27. The molecule has 8 nitrogen and oxygen atoms in total. The Hall–Kier alpha value is -2.42. The van der Waals surface area contributed by atoms with E-state index < -0.39 is 5.60 Å². The number of aromatic nitrogens is 2. The maximum absolute atomic E-state index is 12.4. The van der Waals surface area contributed by atoms with E-state index in [1.165, 1.54) is 0 Å². The van der Waals surface area contributed by atoms with Gasteiger partial charge in [-0.25, -0.2) is 14.8 Å². The number of nitrogens with zero attached hydrogens (tertiary/aromatic N) is 5. The quantitative estimate of drug-likeness (QED) is 0.688. The predicted molar refractivity (Wildman–Crippen MR) is 123 cm³/mol. The van der Waals surface area contributed by atoms with E-state index in [0.29, 0.717) is 43.5 Å². The van der Waals surface area contributed by atoms with Gasteiger partial charge in [0.25, 0.3) is 0 Å². The minimum absolute atomic E-state index is 0.278. The van der Waals surface area contributed by atoms with Crippen molar-refractivity contribution in [3.8, 4) is 0 Å². The Labute approximate surface area is 193 Å². The molecular formula is C23H30ClN5O3. The molecule has 2 aliphatic rings. The van der Waals surface area contributed by atoms with Gasteiger partial charge in [0.15, 0.2) is 0 Å². The van der Waals surface area contributed by atoms with Gasteiger partial charge in [-0.15, -0.1) is 0 Å². The number of carbonyl (C=O) groups excluding carboxylic acids is 1. The van der Waals surface area contributed by atoms with Crippen molar-refractivity contribution in [3.05, 3.63) is 52.9 Å². The third-order valence-electron chi connectivity index (χ3n) is 6.16. The van der Waals surface area contributed by atoms with Gasteiger partial charge in [-0.3, -0.25) is 4.90 Å². The molecule has 3 heterocycles. The molecule has 1 aromatic heterocycles. The van der Waals surface area contributed by atoms with Crippen LogP contribution in [0.1, 0.15) is 24.2 Å². The smallest absolute Gasteiger partial charge is 0.410 e. The highest BCUT2D eigenvalue weighted by Gasteiger charge is 2.36. The molecule has 2 aliphatic heterocycles. The first-order valence-corrected chi connectivity index (χ1v) is 11.4. The van der Waals surface area contributed by atoms with Gasteiger partial charge >= 0.3 is 6.09 Å². The highest BCUT2D eigenvalue weighted by molar-refractivity contribution is 6.29. The Morgan fingerprint density at radius 2 is 1.78 bits per heavy atom. The second kappa shape index (κ2) is 10.0. The van der Waals surface area contributed by atoms with E-state index in [1.807, 2.05) is 37.3 Å². The number of ether oxygens (including phenoxy) is 1. The number of carbonyl (C=O) groups is 1. The molecule has 1 aromatic carbocycles. The molecule has 0 radical (unpaired) electrons. The number of rotatable bonds is 5. The van der Waals surface area contributed by atoms with Gasteiger partial charge in [0.2, 0.25) is 0 Å². The van der Waals surface area contributed by atoms with Crippen LogP contribution in [0.25, 0.3) is 0 Å². The van der Waals surface area contributed by atoms with Crippen LogP contribution in [0.15, 0.2) is 36.4 Å². The van der Waals surface area contributed by atoms with Gasteiger partial charge < -0.3 is 19.6 Å². The van der Waals surface area contributed by atoms with Crippen LogP contribution in [-0.2, 0) is 11.3 Å². The average molecular weight is 460 g/mol. The summed E-state index contributed by atoms with van der Waals surface area (Å²) in [5.74, 6) is 1.46. The fourth-order valence-corrected chi connectivity index (χ4v) is 4.52. The number of piperazine rings is 1. The molecule has 0 spiro atoms. The molecule has 4 rings (SSSR count). The van der Waals surface area contributed by atoms with Crippen molar-refractivity contribution >= 4 is 23.5 Å². The first-order valence-electron chi connectivity index (χ1n) is 11.1. The third kappa shape index (κ3) is 5.88. The lowest BCUT2D eigenvalue weighted by atomic mass is 9.90. The highest BCUT2D eigenvalue weighted by atomic mass is 35.5. The van der Waals surface area contributed by atoms with Crippen LogP contribution in [0, 0.1) is 6.92 Å². The van der Waals surface area contributed by atoms with Crippen molar-refractivity contribution in [1.29, 1.82) is 0 Å². The zero-order valence-corrected chi connectivity index (χ0v) is 19.2. The van der Waals surface area contributed by atoms with Crippen molar-refractivity contribution in [2.45, 2.75) is 32.0 Å². The molecule has 0 saturated carbocycles. The lowest BCUT2D eigenvalue weighted by Crippen LogP contribution is -2.56. The first kappa shape index (κ1) is 22.8. The van der Waals surface area contributed by atoms with E-state index in [9.17, 15) is 9.90 Å². The van der Waals surface area contributed by atoms with Gasteiger partial charge in [-0.05, 0) is 25.3 Å². The first-order chi connectivity index (χ1) is 15.4. The minimum atomic E-state index is -0.738. The summed E-state index contributed by atoms with van der Waals surface area (Å²) in [6.07, 6.45) is 1.04. The van der Waals surface area contributed by atoms with E-state index in [1.54, 1.807) is 11.0 Å². The molecule has 0 aliphatic carbocycles. The molecule has 1 amide bonds. The molecule has 0 unspecified atom stereocenters. The number of aliphatic hydroxyl groups is 1.